The molecule has 1 aromatic heterocycles. The highest BCUT2D eigenvalue weighted by atomic mass is 19.4. The second kappa shape index (κ2) is 8.88. The third kappa shape index (κ3) is 4.14. The van der Waals surface area contributed by atoms with Crippen LogP contribution < -0.4 is 5.32 Å². The largest absolute Gasteiger partial charge is 0.433 e. The maximum absolute atomic E-state index is 12.8. The molecule has 7 atom stereocenters. The van der Waals surface area contributed by atoms with Gasteiger partial charge in [0.2, 0.25) is 11.8 Å². The smallest absolute Gasteiger partial charge is 0.352 e. The highest BCUT2D eigenvalue weighted by Crippen LogP contribution is 2.65. The summed E-state index contributed by atoms with van der Waals surface area (Å²) in [5, 5.41) is 2.90. The summed E-state index contributed by atoms with van der Waals surface area (Å²) in [6.07, 6.45) is 7.67. The Bertz CT molecular complexity index is 1060. The lowest BCUT2D eigenvalue weighted by Gasteiger charge is -2.60. The topological polar surface area (TPSA) is 62.3 Å². The molecule has 3 fully saturated rings. The number of hydrogen-bond acceptors (Lipinski definition) is 3. The minimum Gasteiger partial charge on any atom is -0.352 e. The molecule has 1 unspecified atom stereocenters. The molecule has 3 saturated carbocycles. The van der Waals surface area contributed by atoms with Crippen LogP contribution in [0, 0.1) is 34.5 Å². The normalized spacial score (nSPS) is 37.8. The van der Waals surface area contributed by atoms with E-state index in [1.54, 1.807) is 6.08 Å². The number of amides is 2. The monoisotopic (exact) mass is 503 g/mol. The Morgan fingerprint density at radius 1 is 1.14 bits per heavy atom. The van der Waals surface area contributed by atoms with Crippen molar-refractivity contribution in [1.29, 1.82) is 0 Å². The number of aromatic nitrogens is 1. The summed E-state index contributed by atoms with van der Waals surface area (Å²) in [4.78, 5) is 30.5. The standard InChI is InChI=1S/C28H36F3N3O2/c1-26-12-10-21-19(6-9-23-27(21,2)13-11-25(36)34(23)3)20(26)7-5-18(26)14-24(35)33-16-17-4-8-22(32-15-17)28(29,30)31/h4,8,11,13,15,18-21,23H,5-7,9-10,12,14,16H2,1-3H3,(H,33,35)/t18?,19-,20-,21-,23+,26+,27+/m0/s1. The Balaban J connectivity index is 1.22. The number of hydrogen-bond donors (Lipinski definition) is 1. The van der Waals surface area contributed by atoms with Crippen molar-refractivity contribution in [1.82, 2.24) is 15.2 Å². The van der Waals surface area contributed by atoms with Crippen LogP contribution >= 0.6 is 0 Å². The van der Waals surface area contributed by atoms with Crippen molar-refractivity contribution in [2.45, 2.75) is 77.6 Å². The molecule has 2 heterocycles. The van der Waals surface area contributed by atoms with Crippen molar-refractivity contribution < 1.29 is 22.8 Å². The van der Waals surface area contributed by atoms with Gasteiger partial charge in [0.15, 0.2) is 0 Å². The van der Waals surface area contributed by atoms with E-state index >= 15 is 0 Å². The molecule has 0 aromatic carbocycles. The molecule has 5 rings (SSSR count). The van der Waals surface area contributed by atoms with Crippen molar-refractivity contribution in [2.24, 2.45) is 34.5 Å². The Morgan fingerprint density at radius 3 is 2.61 bits per heavy atom. The lowest BCUT2D eigenvalue weighted by atomic mass is 9.47. The van der Waals surface area contributed by atoms with E-state index in [0.717, 1.165) is 44.6 Å². The first-order chi connectivity index (χ1) is 16.9. The average molecular weight is 504 g/mol. The Kier molecular flexibility index (Phi) is 6.23. The van der Waals surface area contributed by atoms with Crippen LogP contribution in [0.25, 0.3) is 0 Å². The summed E-state index contributed by atoms with van der Waals surface area (Å²) >= 11 is 0. The van der Waals surface area contributed by atoms with Gasteiger partial charge < -0.3 is 10.2 Å². The van der Waals surface area contributed by atoms with Crippen LogP contribution in [-0.4, -0.2) is 34.8 Å². The zero-order valence-corrected chi connectivity index (χ0v) is 21.3. The molecule has 4 aliphatic rings. The Hall–Kier alpha value is -2.38. The highest BCUT2D eigenvalue weighted by Gasteiger charge is 2.60. The van der Waals surface area contributed by atoms with E-state index in [9.17, 15) is 22.8 Å². The van der Waals surface area contributed by atoms with Gasteiger partial charge in [0.25, 0.3) is 0 Å². The molecule has 0 radical (unpaired) electrons. The first-order valence-corrected chi connectivity index (χ1v) is 13.2. The summed E-state index contributed by atoms with van der Waals surface area (Å²) in [5.41, 5.74) is -0.236. The van der Waals surface area contributed by atoms with E-state index in [1.165, 1.54) is 12.3 Å². The zero-order valence-electron chi connectivity index (χ0n) is 21.3. The molecule has 1 aromatic rings. The summed E-state index contributed by atoms with van der Waals surface area (Å²) < 4.78 is 38.2. The van der Waals surface area contributed by atoms with Gasteiger partial charge in [-0.2, -0.15) is 13.2 Å². The predicted octanol–water partition coefficient (Wildman–Crippen LogP) is 5.36. The number of pyridine rings is 1. The van der Waals surface area contributed by atoms with Crippen LogP contribution in [0.4, 0.5) is 13.2 Å². The number of carbonyl (C=O) groups is 2. The van der Waals surface area contributed by atoms with Crippen molar-refractivity contribution >= 4 is 11.8 Å². The number of nitrogens with zero attached hydrogens (tertiary/aromatic N) is 2. The molecule has 36 heavy (non-hydrogen) atoms. The van der Waals surface area contributed by atoms with Crippen molar-refractivity contribution in [3.05, 3.63) is 41.7 Å². The third-order valence-electron chi connectivity index (χ3n) is 10.4. The van der Waals surface area contributed by atoms with Gasteiger partial charge in [-0.05, 0) is 85.3 Å². The van der Waals surface area contributed by atoms with Gasteiger partial charge in [-0.3, -0.25) is 14.6 Å². The number of alkyl halides is 3. The van der Waals surface area contributed by atoms with E-state index < -0.39 is 11.9 Å². The lowest BCUT2D eigenvalue weighted by Crippen LogP contribution is -2.59. The minimum absolute atomic E-state index is 0.0120. The fourth-order valence-electron chi connectivity index (χ4n) is 8.38. The molecule has 1 aliphatic heterocycles. The SMILES string of the molecule is CN1C(=O)C=C[C@]2(C)[C@H]3CC[C@]4(C)C(CC(=O)NCc5ccc(C(F)(F)F)nc5)CC[C@H]4[C@@H]3CC[C@@H]12. The van der Waals surface area contributed by atoms with Crippen LogP contribution in [0.5, 0.6) is 0 Å². The molecular weight excluding hydrogens is 467 g/mol. The molecule has 0 bridgehead atoms. The third-order valence-corrected chi connectivity index (χ3v) is 10.4. The maximum atomic E-state index is 12.8. The van der Waals surface area contributed by atoms with Gasteiger partial charge in [-0.15, -0.1) is 0 Å². The molecule has 2 amide bonds. The van der Waals surface area contributed by atoms with Gasteiger partial charge in [-0.1, -0.05) is 26.0 Å². The molecule has 8 heteroatoms. The van der Waals surface area contributed by atoms with Crippen LogP contribution in [0.3, 0.4) is 0 Å². The molecule has 196 valence electrons. The molecule has 0 spiro atoms. The molecule has 1 N–H and O–H groups in total. The summed E-state index contributed by atoms with van der Waals surface area (Å²) in [7, 11) is 1.94. The van der Waals surface area contributed by atoms with Gasteiger partial charge >= 0.3 is 6.18 Å². The quantitative estimate of drug-likeness (QED) is 0.602. The lowest BCUT2D eigenvalue weighted by molar-refractivity contribution is -0.141. The van der Waals surface area contributed by atoms with E-state index in [4.69, 9.17) is 0 Å². The fourth-order valence-corrected chi connectivity index (χ4v) is 8.38. The van der Waals surface area contributed by atoms with Gasteiger partial charge in [0.1, 0.15) is 5.69 Å². The van der Waals surface area contributed by atoms with Crippen molar-refractivity contribution in [3.63, 3.8) is 0 Å². The first kappa shape index (κ1) is 25.3. The number of halogens is 3. The zero-order chi connectivity index (χ0) is 25.9. The minimum atomic E-state index is -4.47. The maximum Gasteiger partial charge on any atom is 0.433 e. The van der Waals surface area contributed by atoms with Crippen molar-refractivity contribution in [2.75, 3.05) is 7.05 Å². The molecule has 5 nitrogen and oxygen atoms in total. The number of fused-ring (bicyclic) bond motifs is 5. The number of nitrogens with one attached hydrogen (secondary N) is 1. The van der Waals surface area contributed by atoms with Crippen LogP contribution in [-0.2, 0) is 22.3 Å². The second-order valence-corrected chi connectivity index (χ2v) is 12.0. The highest BCUT2D eigenvalue weighted by molar-refractivity contribution is 5.89. The summed E-state index contributed by atoms with van der Waals surface area (Å²) in [5.74, 6) is 2.13. The second-order valence-electron chi connectivity index (χ2n) is 12.0. The molecular formula is C28H36F3N3O2. The van der Waals surface area contributed by atoms with E-state index in [0.29, 0.717) is 35.7 Å². The van der Waals surface area contributed by atoms with Crippen LogP contribution in [0.15, 0.2) is 30.5 Å². The number of rotatable bonds is 4. The summed E-state index contributed by atoms with van der Waals surface area (Å²) in [6.45, 7) is 4.89. The van der Waals surface area contributed by atoms with E-state index in [-0.39, 0.29) is 35.2 Å². The van der Waals surface area contributed by atoms with Gasteiger partial charge in [-0.25, -0.2) is 0 Å². The van der Waals surface area contributed by atoms with E-state index in [1.807, 2.05) is 11.9 Å². The summed E-state index contributed by atoms with van der Waals surface area (Å²) in [6, 6.07) is 2.59. The average Bonchev–Trinajstić information content (AvgIpc) is 3.16. The van der Waals surface area contributed by atoms with Crippen LogP contribution in [0.2, 0.25) is 0 Å². The van der Waals surface area contributed by atoms with Crippen LogP contribution in [0.1, 0.15) is 70.1 Å². The molecule has 0 saturated heterocycles. The van der Waals surface area contributed by atoms with Crippen molar-refractivity contribution in [3.8, 4) is 0 Å². The Morgan fingerprint density at radius 2 is 1.92 bits per heavy atom. The van der Waals surface area contributed by atoms with Gasteiger partial charge in [0, 0.05) is 37.7 Å². The fraction of sp³-hybridized carbons (Fsp3) is 0.679. The first-order valence-electron chi connectivity index (χ1n) is 13.2. The number of likely N-dealkylation sites (N-methyl/N-ethyl adjacent to an activating group) is 1. The number of carbonyl (C=O) groups excluding carboxylic acids is 2. The van der Waals surface area contributed by atoms with Gasteiger partial charge in [0.05, 0.1) is 0 Å². The molecule has 3 aliphatic carbocycles. The Labute approximate surface area is 210 Å². The predicted molar refractivity (Wildman–Crippen MR) is 129 cm³/mol. The van der Waals surface area contributed by atoms with E-state index in [2.05, 4.69) is 30.2 Å².